The highest BCUT2D eigenvalue weighted by atomic mass is 16.6. The van der Waals surface area contributed by atoms with Crippen LogP contribution in [0, 0.1) is 12.3 Å². The molecule has 1 saturated heterocycles. The lowest BCUT2D eigenvalue weighted by molar-refractivity contribution is -0.124. The van der Waals surface area contributed by atoms with Gasteiger partial charge in [-0.25, -0.2) is 4.79 Å². The Morgan fingerprint density at radius 2 is 2.57 bits per heavy atom. The van der Waals surface area contributed by atoms with Crippen molar-refractivity contribution < 1.29 is 14.3 Å². The molecule has 1 rings (SSSR count). The molecule has 1 fully saturated rings. The van der Waals surface area contributed by atoms with E-state index in [1.165, 1.54) is 4.90 Å². The molecule has 0 saturated carbocycles. The Morgan fingerprint density at radius 3 is 3.14 bits per heavy atom. The monoisotopic (exact) mass is 196 g/mol. The summed E-state index contributed by atoms with van der Waals surface area (Å²) in [6, 6.07) is -0.0466. The van der Waals surface area contributed by atoms with Crippen molar-refractivity contribution in [3.63, 3.8) is 0 Å². The topological polar surface area (TPSA) is 58.6 Å². The Balaban J connectivity index is 2.47. The maximum Gasteiger partial charge on any atom is 0.411 e. The van der Waals surface area contributed by atoms with Gasteiger partial charge in [0, 0.05) is 12.6 Å². The summed E-state index contributed by atoms with van der Waals surface area (Å²) in [5.41, 5.74) is 0. The zero-order valence-electron chi connectivity index (χ0n) is 7.95. The van der Waals surface area contributed by atoms with Gasteiger partial charge in [0.15, 0.2) is 6.61 Å². The number of amides is 2. The van der Waals surface area contributed by atoms with Crippen molar-refractivity contribution in [2.45, 2.75) is 13.0 Å². The van der Waals surface area contributed by atoms with Crippen LogP contribution in [0.2, 0.25) is 0 Å². The van der Waals surface area contributed by atoms with Crippen LogP contribution in [0.4, 0.5) is 4.79 Å². The van der Waals surface area contributed by atoms with Crippen molar-refractivity contribution in [2.75, 3.05) is 19.7 Å². The molecule has 0 spiro atoms. The maximum absolute atomic E-state index is 11.3. The quantitative estimate of drug-likeness (QED) is 0.579. The maximum atomic E-state index is 11.3. The van der Waals surface area contributed by atoms with Crippen LogP contribution in [0.25, 0.3) is 0 Å². The SMILES string of the molecule is C#CCOC(=O)N1CC(=O)NC(C)C1. The van der Waals surface area contributed by atoms with E-state index in [-0.39, 0.29) is 25.1 Å². The zero-order chi connectivity index (χ0) is 10.6. The number of terminal acetylenes is 1. The molecule has 1 aliphatic rings. The normalized spacial score (nSPS) is 21.0. The third kappa shape index (κ3) is 2.66. The zero-order valence-corrected chi connectivity index (χ0v) is 7.95. The van der Waals surface area contributed by atoms with E-state index < -0.39 is 6.09 Å². The second-order valence-electron chi connectivity index (χ2n) is 3.11. The molecule has 1 atom stereocenters. The molecular weight excluding hydrogens is 184 g/mol. The van der Waals surface area contributed by atoms with Gasteiger partial charge in [0.25, 0.3) is 0 Å². The van der Waals surface area contributed by atoms with Gasteiger partial charge in [-0.15, -0.1) is 6.42 Å². The first kappa shape index (κ1) is 10.4. The first-order valence-electron chi connectivity index (χ1n) is 4.28. The van der Waals surface area contributed by atoms with Gasteiger partial charge in [-0.1, -0.05) is 5.92 Å². The van der Waals surface area contributed by atoms with Crippen LogP contribution in [0.15, 0.2) is 0 Å². The fourth-order valence-corrected chi connectivity index (χ4v) is 1.27. The molecule has 5 heteroatoms. The van der Waals surface area contributed by atoms with E-state index >= 15 is 0 Å². The lowest BCUT2D eigenvalue weighted by Gasteiger charge is -2.30. The summed E-state index contributed by atoms with van der Waals surface area (Å²) in [5, 5.41) is 2.69. The van der Waals surface area contributed by atoms with Crippen molar-refractivity contribution in [3.05, 3.63) is 0 Å². The predicted octanol–water partition coefficient (Wildman–Crippen LogP) is -0.423. The Hall–Kier alpha value is -1.70. The standard InChI is InChI=1S/C9H12N2O3/c1-3-4-14-9(13)11-5-7(2)10-8(12)6-11/h1,7H,4-6H2,2H3,(H,10,12). The van der Waals surface area contributed by atoms with Crippen molar-refractivity contribution in [3.8, 4) is 12.3 Å². The molecule has 14 heavy (non-hydrogen) atoms. The van der Waals surface area contributed by atoms with Crippen molar-refractivity contribution in [1.29, 1.82) is 0 Å². The molecule has 0 aromatic carbocycles. The molecule has 0 aliphatic carbocycles. The number of carbonyl (C=O) groups excluding carboxylic acids is 2. The third-order valence-corrected chi connectivity index (χ3v) is 1.77. The minimum atomic E-state index is -0.537. The van der Waals surface area contributed by atoms with Crippen LogP contribution in [0.1, 0.15) is 6.92 Å². The van der Waals surface area contributed by atoms with Crippen LogP contribution in [-0.2, 0) is 9.53 Å². The highest BCUT2D eigenvalue weighted by molar-refractivity contribution is 5.83. The van der Waals surface area contributed by atoms with E-state index in [0.29, 0.717) is 6.54 Å². The van der Waals surface area contributed by atoms with Gasteiger partial charge in [0.1, 0.15) is 6.54 Å². The molecule has 5 nitrogen and oxygen atoms in total. The van der Waals surface area contributed by atoms with E-state index in [1.54, 1.807) is 0 Å². The molecular formula is C9H12N2O3. The number of rotatable bonds is 1. The minimum absolute atomic E-state index is 0.0355. The van der Waals surface area contributed by atoms with Gasteiger partial charge in [0.05, 0.1) is 0 Å². The van der Waals surface area contributed by atoms with Gasteiger partial charge < -0.3 is 10.1 Å². The van der Waals surface area contributed by atoms with Gasteiger partial charge in [-0.2, -0.15) is 0 Å². The highest BCUT2D eigenvalue weighted by Gasteiger charge is 2.26. The van der Waals surface area contributed by atoms with Crippen LogP contribution < -0.4 is 5.32 Å². The molecule has 76 valence electrons. The van der Waals surface area contributed by atoms with Crippen LogP contribution in [0.3, 0.4) is 0 Å². The summed E-state index contributed by atoms with van der Waals surface area (Å²) in [4.78, 5) is 23.7. The number of ether oxygens (including phenoxy) is 1. The minimum Gasteiger partial charge on any atom is -0.436 e. The van der Waals surface area contributed by atoms with Gasteiger partial charge in [-0.05, 0) is 6.92 Å². The first-order chi connectivity index (χ1) is 6.63. The smallest absolute Gasteiger partial charge is 0.411 e. The Labute approximate surface area is 82.4 Å². The molecule has 1 heterocycles. The Bertz CT molecular complexity index is 282. The fraction of sp³-hybridized carbons (Fsp3) is 0.556. The van der Waals surface area contributed by atoms with Crippen molar-refractivity contribution >= 4 is 12.0 Å². The van der Waals surface area contributed by atoms with Gasteiger partial charge >= 0.3 is 6.09 Å². The van der Waals surface area contributed by atoms with Crippen LogP contribution in [-0.4, -0.2) is 42.6 Å². The van der Waals surface area contributed by atoms with E-state index in [9.17, 15) is 9.59 Å². The second kappa shape index (κ2) is 4.51. The van der Waals surface area contributed by atoms with E-state index in [1.807, 2.05) is 6.92 Å². The first-order valence-corrected chi connectivity index (χ1v) is 4.28. The summed E-state index contributed by atoms with van der Waals surface area (Å²) < 4.78 is 4.70. The number of hydrogen-bond acceptors (Lipinski definition) is 3. The Kier molecular flexibility index (Phi) is 3.35. The summed E-state index contributed by atoms with van der Waals surface area (Å²) in [6.07, 6.45) is 4.40. The molecule has 0 aromatic rings. The molecule has 1 unspecified atom stereocenters. The third-order valence-electron chi connectivity index (χ3n) is 1.77. The number of piperazine rings is 1. The van der Waals surface area contributed by atoms with Gasteiger partial charge in [0.2, 0.25) is 5.91 Å². The average Bonchev–Trinajstić information content (AvgIpc) is 2.12. The number of carbonyl (C=O) groups is 2. The Morgan fingerprint density at radius 1 is 1.86 bits per heavy atom. The molecule has 2 amide bonds. The predicted molar refractivity (Wildman–Crippen MR) is 49.4 cm³/mol. The number of nitrogens with one attached hydrogen (secondary N) is 1. The lowest BCUT2D eigenvalue weighted by Crippen LogP contribution is -2.54. The van der Waals surface area contributed by atoms with E-state index in [2.05, 4.69) is 11.2 Å². The van der Waals surface area contributed by atoms with Crippen LogP contribution in [0.5, 0.6) is 0 Å². The lowest BCUT2D eigenvalue weighted by atomic mass is 10.2. The van der Waals surface area contributed by atoms with Gasteiger partial charge in [-0.3, -0.25) is 9.69 Å². The second-order valence-corrected chi connectivity index (χ2v) is 3.11. The molecule has 0 aromatic heterocycles. The molecule has 0 bridgehead atoms. The fourth-order valence-electron chi connectivity index (χ4n) is 1.27. The summed E-state index contributed by atoms with van der Waals surface area (Å²) in [7, 11) is 0. The summed E-state index contributed by atoms with van der Waals surface area (Å²) in [5.74, 6) is 2.01. The largest absolute Gasteiger partial charge is 0.436 e. The summed E-state index contributed by atoms with van der Waals surface area (Å²) >= 11 is 0. The molecule has 1 aliphatic heterocycles. The van der Waals surface area contributed by atoms with Crippen LogP contribution >= 0.6 is 0 Å². The van der Waals surface area contributed by atoms with E-state index in [0.717, 1.165) is 0 Å². The number of nitrogens with zero attached hydrogens (tertiary/aromatic N) is 1. The number of hydrogen-bond donors (Lipinski definition) is 1. The van der Waals surface area contributed by atoms with Crippen molar-refractivity contribution in [2.24, 2.45) is 0 Å². The average molecular weight is 196 g/mol. The van der Waals surface area contributed by atoms with E-state index in [4.69, 9.17) is 11.2 Å². The summed E-state index contributed by atoms with van der Waals surface area (Å²) in [6.45, 7) is 2.24. The molecule has 0 radical (unpaired) electrons. The molecule has 1 N–H and O–H groups in total. The highest BCUT2D eigenvalue weighted by Crippen LogP contribution is 2.01. The van der Waals surface area contributed by atoms with Crippen molar-refractivity contribution in [1.82, 2.24) is 10.2 Å².